The zero-order chi connectivity index (χ0) is 22.1. The number of ether oxygens (including phenoxy) is 3. The first kappa shape index (κ1) is 20.2. The number of fused-ring (bicyclic) bond motifs is 2. The van der Waals surface area contributed by atoms with Crippen molar-refractivity contribution in [2.24, 2.45) is 0 Å². The van der Waals surface area contributed by atoms with Crippen molar-refractivity contribution in [3.05, 3.63) is 89.6 Å². The van der Waals surface area contributed by atoms with Crippen LogP contribution in [0.25, 0.3) is 10.9 Å². The molecule has 2 aromatic heterocycles. The minimum absolute atomic E-state index is 0.226. The standard InChI is InChI=1S/C25H21FN2O4/c1-15-2-6-20(12-27-15)32-24-14-31-23-9-7-19(11-21(23)25(24)29)30-13-18-5-3-16-10-17(26)4-8-22(16)28-18/h2-12,24-25,29H,13-14H2,1H3/t24-,25+/m1/s1. The molecule has 0 aliphatic carbocycles. The van der Waals surface area contributed by atoms with Gasteiger partial charge in [0.2, 0.25) is 0 Å². The highest BCUT2D eigenvalue weighted by molar-refractivity contribution is 5.78. The molecule has 1 aliphatic rings. The summed E-state index contributed by atoms with van der Waals surface area (Å²) in [5.41, 5.74) is 2.90. The van der Waals surface area contributed by atoms with E-state index in [4.69, 9.17) is 14.2 Å². The molecule has 1 aliphatic heterocycles. The second-order valence-electron chi connectivity index (χ2n) is 7.68. The minimum atomic E-state index is -0.878. The van der Waals surface area contributed by atoms with Gasteiger partial charge in [0.15, 0.2) is 6.10 Å². The van der Waals surface area contributed by atoms with Crippen molar-refractivity contribution in [3.63, 3.8) is 0 Å². The molecular formula is C25H21FN2O4. The molecule has 6 nitrogen and oxygen atoms in total. The average molecular weight is 432 g/mol. The molecule has 0 amide bonds. The molecule has 2 aromatic carbocycles. The van der Waals surface area contributed by atoms with Gasteiger partial charge in [-0.05, 0) is 61.5 Å². The van der Waals surface area contributed by atoms with E-state index in [1.54, 1.807) is 36.5 Å². The SMILES string of the molecule is Cc1ccc(O[C@@H]2COc3ccc(OCc4ccc5cc(F)ccc5n4)cc3[C@@H]2O)cn1. The molecule has 1 N–H and O–H groups in total. The number of aliphatic hydroxyl groups is 1. The van der Waals surface area contributed by atoms with Crippen molar-refractivity contribution >= 4 is 10.9 Å². The predicted molar refractivity (Wildman–Crippen MR) is 116 cm³/mol. The summed E-state index contributed by atoms with van der Waals surface area (Å²) in [4.78, 5) is 8.72. The fourth-order valence-electron chi connectivity index (χ4n) is 3.62. The molecule has 0 unspecified atom stereocenters. The van der Waals surface area contributed by atoms with Gasteiger partial charge >= 0.3 is 0 Å². The number of rotatable bonds is 5. The van der Waals surface area contributed by atoms with Crippen molar-refractivity contribution in [1.82, 2.24) is 9.97 Å². The second kappa shape index (κ2) is 8.43. The highest BCUT2D eigenvalue weighted by atomic mass is 19.1. The van der Waals surface area contributed by atoms with Gasteiger partial charge in [0.1, 0.15) is 42.4 Å². The van der Waals surface area contributed by atoms with Gasteiger partial charge in [0, 0.05) is 16.6 Å². The Morgan fingerprint density at radius 2 is 1.94 bits per heavy atom. The normalized spacial score (nSPS) is 17.5. The Bertz CT molecular complexity index is 1260. The summed E-state index contributed by atoms with van der Waals surface area (Å²) in [5.74, 6) is 1.45. The van der Waals surface area contributed by atoms with Crippen LogP contribution in [0, 0.1) is 12.7 Å². The fraction of sp³-hybridized carbons (Fsp3) is 0.200. The molecule has 0 radical (unpaired) electrons. The smallest absolute Gasteiger partial charge is 0.163 e. The van der Waals surface area contributed by atoms with E-state index in [0.29, 0.717) is 34.0 Å². The molecule has 0 fully saturated rings. The zero-order valence-electron chi connectivity index (χ0n) is 17.4. The quantitative estimate of drug-likeness (QED) is 0.500. The molecule has 162 valence electrons. The van der Waals surface area contributed by atoms with E-state index in [-0.39, 0.29) is 19.0 Å². The minimum Gasteiger partial charge on any atom is -0.489 e. The summed E-state index contributed by atoms with van der Waals surface area (Å²) in [5, 5.41) is 11.6. The number of aryl methyl sites for hydroxylation is 1. The van der Waals surface area contributed by atoms with E-state index in [0.717, 1.165) is 11.1 Å². The third-order valence-corrected chi connectivity index (χ3v) is 5.32. The summed E-state index contributed by atoms with van der Waals surface area (Å²) < 4.78 is 30.9. The van der Waals surface area contributed by atoms with E-state index in [1.807, 2.05) is 25.1 Å². The number of hydrogen-bond acceptors (Lipinski definition) is 6. The van der Waals surface area contributed by atoms with Crippen molar-refractivity contribution in [1.29, 1.82) is 0 Å². The third kappa shape index (κ3) is 4.20. The van der Waals surface area contributed by atoms with Crippen LogP contribution >= 0.6 is 0 Å². The maximum absolute atomic E-state index is 13.3. The Hall–Kier alpha value is -3.71. The van der Waals surface area contributed by atoms with Crippen molar-refractivity contribution < 1.29 is 23.7 Å². The molecule has 0 bridgehead atoms. The van der Waals surface area contributed by atoms with Crippen LogP contribution in [0.4, 0.5) is 4.39 Å². The Morgan fingerprint density at radius 3 is 2.78 bits per heavy atom. The number of pyridine rings is 2. The molecule has 7 heteroatoms. The lowest BCUT2D eigenvalue weighted by Gasteiger charge is -2.30. The predicted octanol–water partition coefficient (Wildman–Crippen LogP) is 4.53. The maximum atomic E-state index is 13.3. The van der Waals surface area contributed by atoms with Crippen LogP contribution in [0.2, 0.25) is 0 Å². The highest BCUT2D eigenvalue weighted by Crippen LogP contribution is 2.36. The van der Waals surface area contributed by atoms with Crippen molar-refractivity contribution in [2.45, 2.75) is 25.7 Å². The highest BCUT2D eigenvalue weighted by Gasteiger charge is 2.31. The van der Waals surface area contributed by atoms with E-state index in [9.17, 15) is 9.50 Å². The fourth-order valence-corrected chi connectivity index (χ4v) is 3.62. The first-order chi connectivity index (χ1) is 15.5. The van der Waals surface area contributed by atoms with Crippen molar-refractivity contribution in [2.75, 3.05) is 6.61 Å². The largest absolute Gasteiger partial charge is 0.489 e. The van der Waals surface area contributed by atoms with Crippen LogP contribution in [0.1, 0.15) is 23.1 Å². The van der Waals surface area contributed by atoms with E-state index >= 15 is 0 Å². The van der Waals surface area contributed by atoms with Crippen LogP contribution in [-0.4, -0.2) is 27.8 Å². The Balaban J connectivity index is 1.29. The van der Waals surface area contributed by atoms with Crippen LogP contribution < -0.4 is 14.2 Å². The van der Waals surface area contributed by atoms with Gasteiger partial charge in [-0.15, -0.1) is 0 Å². The molecule has 0 spiro atoms. The zero-order valence-corrected chi connectivity index (χ0v) is 17.4. The van der Waals surface area contributed by atoms with Gasteiger partial charge in [-0.2, -0.15) is 0 Å². The van der Waals surface area contributed by atoms with Gasteiger partial charge in [-0.25, -0.2) is 9.37 Å². The van der Waals surface area contributed by atoms with Gasteiger partial charge in [-0.1, -0.05) is 6.07 Å². The first-order valence-electron chi connectivity index (χ1n) is 10.3. The molecule has 3 heterocycles. The molecule has 2 atom stereocenters. The third-order valence-electron chi connectivity index (χ3n) is 5.32. The lowest BCUT2D eigenvalue weighted by Crippen LogP contribution is -2.35. The van der Waals surface area contributed by atoms with Crippen molar-refractivity contribution in [3.8, 4) is 17.2 Å². The maximum Gasteiger partial charge on any atom is 0.163 e. The topological polar surface area (TPSA) is 73.7 Å². The number of hydrogen-bond donors (Lipinski definition) is 1. The van der Waals surface area contributed by atoms with Crippen LogP contribution in [0.5, 0.6) is 17.2 Å². The number of halogens is 1. The molecule has 32 heavy (non-hydrogen) atoms. The summed E-state index contributed by atoms with van der Waals surface area (Å²) in [7, 11) is 0. The van der Waals surface area contributed by atoms with Gasteiger partial charge in [0.05, 0.1) is 17.4 Å². The summed E-state index contributed by atoms with van der Waals surface area (Å²) in [6, 6.07) is 17.1. The first-order valence-corrected chi connectivity index (χ1v) is 10.3. The van der Waals surface area contributed by atoms with E-state index < -0.39 is 12.2 Å². The van der Waals surface area contributed by atoms with E-state index in [2.05, 4.69) is 9.97 Å². The van der Waals surface area contributed by atoms with Gasteiger partial charge in [0.25, 0.3) is 0 Å². The number of benzene rings is 2. The summed E-state index contributed by atoms with van der Waals surface area (Å²) in [6.07, 6.45) is 0.185. The lowest BCUT2D eigenvalue weighted by molar-refractivity contribution is -0.0106. The Kier molecular flexibility index (Phi) is 5.33. The molecule has 4 aromatic rings. The second-order valence-corrected chi connectivity index (χ2v) is 7.68. The molecule has 0 saturated carbocycles. The van der Waals surface area contributed by atoms with Crippen LogP contribution in [-0.2, 0) is 6.61 Å². The van der Waals surface area contributed by atoms with E-state index in [1.165, 1.54) is 12.1 Å². The molecular weight excluding hydrogens is 411 g/mol. The van der Waals surface area contributed by atoms with Crippen LogP contribution in [0.15, 0.2) is 66.9 Å². The number of aromatic nitrogens is 2. The Morgan fingerprint density at radius 1 is 1.06 bits per heavy atom. The Labute approximate surface area is 184 Å². The molecule has 5 rings (SSSR count). The van der Waals surface area contributed by atoms with Gasteiger partial charge in [-0.3, -0.25) is 4.98 Å². The monoisotopic (exact) mass is 432 g/mol. The number of aliphatic hydroxyl groups excluding tert-OH is 1. The molecule has 0 saturated heterocycles. The average Bonchev–Trinajstić information content (AvgIpc) is 2.81. The summed E-state index contributed by atoms with van der Waals surface area (Å²) in [6.45, 7) is 2.36. The summed E-state index contributed by atoms with van der Waals surface area (Å²) >= 11 is 0. The lowest BCUT2D eigenvalue weighted by atomic mass is 10.0. The number of nitrogens with zero attached hydrogens (tertiary/aromatic N) is 2. The van der Waals surface area contributed by atoms with Crippen LogP contribution in [0.3, 0.4) is 0 Å². The van der Waals surface area contributed by atoms with Gasteiger partial charge < -0.3 is 19.3 Å².